The molecular weight excluding hydrogens is 408 g/mol. The van der Waals surface area contributed by atoms with E-state index in [4.69, 9.17) is 11.6 Å². The van der Waals surface area contributed by atoms with Crippen LogP contribution in [0.15, 0.2) is 53.4 Å². The summed E-state index contributed by atoms with van der Waals surface area (Å²) in [5.41, 5.74) is 1.14. The van der Waals surface area contributed by atoms with Gasteiger partial charge in [0.1, 0.15) is 0 Å². The van der Waals surface area contributed by atoms with Crippen LogP contribution in [0.25, 0.3) is 0 Å². The Kier molecular flexibility index (Phi) is 5.44. The Hall–Kier alpha value is -1.89. The number of nitrogens with one attached hydrogen (secondary N) is 1. The molecule has 1 unspecified atom stereocenters. The highest BCUT2D eigenvalue weighted by Crippen LogP contribution is 2.48. The van der Waals surface area contributed by atoms with Crippen LogP contribution in [0.3, 0.4) is 0 Å². The Labute approximate surface area is 177 Å². The number of hydrogen-bond donors (Lipinski definition) is 1. The van der Waals surface area contributed by atoms with Gasteiger partial charge in [-0.25, -0.2) is 8.42 Å². The van der Waals surface area contributed by atoms with Gasteiger partial charge in [-0.05, 0) is 55.9 Å². The van der Waals surface area contributed by atoms with Gasteiger partial charge in [0.2, 0.25) is 15.9 Å². The number of piperidine rings is 1. The number of nitrogens with zero attached hydrogens (tertiary/aromatic N) is 1. The first-order chi connectivity index (χ1) is 13.8. The van der Waals surface area contributed by atoms with Gasteiger partial charge in [-0.15, -0.1) is 0 Å². The van der Waals surface area contributed by atoms with E-state index in [0.717, 1.165) is 24.8 Å². The van der Waals surface area contributed by atoms with E-state index in [9.17, 15) is 13.2 Å². The average molecular weight is 433 g/mol. The molecule has 4 rings (SSSR count). The van der Waals surface area contributed by atoms with E-state index in [1.807, 2.05) is 30.3 Å². The topological polar surface area (TPSA) is 66.5 Å². The van der Waals surface area contributed by atoms with Crippen molar-refractivity contribution < 1.29 is 13.2 Å². The van der Waals surface area contributed by atoms with Gasteiger partial charge in [0, 0.05) is 24.2 Å². The van der Waals surface area contributed by atoms with Gasteiger partial charge in [-0.1, -0.05) is 48.0 Å². The lowest BCUT2D eigenvalue weighted by atomic mass is 9.94. The van der Waals surface area contributed by atoms with Gasteiger partial charge < -0.3 is 5.32 Å². The predicted molar refractivity (Wildman–Crippen MR) is 113 cm³/mol. The molecule has 1 amide bonds. The highest BCUT2D eigenvalue weighted by molar-refractivity contribution is 7.89. The van der Waals surface area contributed by atoms with Crippen molar-refractivity contribution in [2.24, 2.45) is 0 Å². The largest absolute Gasteiger partial charge is 0.351 e. The predicted octanol–water partition coefficient (Wildman–Crippen LogP) is 3.65. The summed E-state index contributed by atoms with van der Waals surface area (Å²) in [6.07, 6.45) is 3.15. The van der Waals surface area contributed by atoms with Gasteiger partial charge in [-0.3, -0.25) is 4.79 Å². The smallest absolute Gasteiger partial charge is 0.243 e. The summed E-state index contributed by atoms with van der Waals surface area (Å²) in [6.45, 7) is 2.45. The molecule has 0 spiro atoms. The molecule has 7 heteroatoms. The SMILES string of the molecule is Cc1c(Cl)cccc1S(=O)(=O)N1CCCC(NC(=O)C2(c3ccccc3)CC2)C1. The molecule has 1 saturated heterocycles. The number of rotatable bonds is 5. The zero-order chi connectivity index (χ0) is 20.6. The maximum Gasteiger partial charge on any atom is 0.243 e. The number of sulfonamides is 1. The summed E-state index contributed by atoms with van der Waals surface area (Å²) in [4.78, 5) is 13.3. The summed E-state index contributed by atoms with van der Waals surface area (Å²) in [5, 5.41) is 3.57. The third-order valence-corrected chi connectivity index (χ3v) is 8.49. The van der Waals surface area contributed by atoms with Gasteiger partial charge in [0.15, 0.2) is 0 Å². The standard InChI is InChI=1S/C22H25ClN2O3S/c1-16-19(23)10-5-11-20(16)29(27,28)25-14-6-9-18(15-25)24-21(26)22(12-13-22)17-7-3-2-4-8-17/h2-5,7-8,10-11,18H,6,9,12-15H2,1H3,(H,24,26). The lowest BCUT2D eigenvalue weighted by molar-refractivity contribution is -0.124. The molecule has 2 aromatic carbocycles. The van der Waals surface area contributed by atoms with E-state index in [1.54, 1.807) is 25.1 Å². The molecule has 1 atom stereocenters. The second-order valence-electron chi connectivity index (χ2n) is 7.99. The molecule has 1 aliphatic carbocycles. The quantitative estimate of drug-likeness (QED) is 0.784. The molecule has 2 aromatic rings. The van der Waals surface area contributed by atoms with E-state index < -0.39 is 15.4 Å². The van der Waals surface area contributed by atoms with Crippen molar-refractivity contribution in [3.63, 3.8) is 0 Å². The molecular formula is C22H25ClN2O3S. The highest BCUT2D eigenvalue weighted by Gasteiger charge is 2.51. The van der Waals surface area contributed by atoms with Crippen molar-refractivity contribution in [1.82, 2.24) is 9.62 Å². The minimum Gasteiger partial charge on any atom is -0.351 e. The molecule has 0 bridgehead atoms. The van der Waals surface area contributed by atoms with Crippen LogP contribution in [-0.2, 0) is 20.2 Å². The summed E-state index contributed by atoms with van der Waals surface area (Å²) >= 11 is 6.13. The Morgan fingerprint density at radius 1 is 1.14 bits per heavy atom. The number of amides is 1. The van der Waals surface area contributed by atoms with E-state index in [1.165, 1.54) is 4.31 Å². The van der Waals surface area contributed by atoms with Gasteiger partial charge >= 0.3 is 0 Å². The lowest BCUT2D eigenvalue weighted by Gasteiger charge is -2.33. The van der Waals surface area contributed by atoms with Crippen LogP contribution in [0.2, 0.25) is 5.02 Å². The van der Waals surface area contributed by atoms with E-state index in [0.29, 0.717) is 23.6 Å². The lowest BCUT2D eigenvalue weighted by Crippen LogP contribution is -2.51. The summed E-state index contributed by atoms with van der Waals surface area (Å²) in [6, 6.07) is 14.6. The van der Waals surface area contributed by atoms with Crippen LogP contribution in [-0.4, -0.2) is 37.8 Å². The summed E-state index contributed by atoms with van der Waals surface area (Å²) in [7, 11) is -3.66. The third-order valence-electron chi connectivity index (χ3n) is 6.07. The first-order valence-electron chi connectivity index (χ1n) is 9.96. The maximum atomic E-state index is 13.2. The average Bonchev–Trinajstić information content (AvgIpc) is 3.53. The molecule has 1 N–H and O–H groups in total. The number of carbonyl (C=O) groups is 1. The van der Waals surface area contributed by atoms with Crippen molar-refractivity contribution >= 4 is 27.5 Å². The normalized spacial score (nSPS) is 21.5. The fraction of sp³-hybridized carbons (Fsp3) is 0.409. The van der Waals surface area contributed by atoms with Crippen molar-refractivity contribution in [1.29, 1.82) is 0 Å². The Morgan fingerprint density at radius 2 is 1.86 bits per heavy atom. The first kappa shape index (κ1) is 20.4. The summed E-state index contributed by atoms with van der Waals surface area (Å²) in [5.74, 6) is 0.00637. The molecule has 1 saturated carbocycles. The van der Waals surface area contributed by atoms with Crippen LogP contribution >= 0.6 is 11.6 Å². The number of benzene rings is 2. The Balaban J connectivity index is 1.49. The van der Waals surface area contributed by atoms with Crippen LogP contribution < -0.4 is 5.32 Å². The Bertz CT molecular complexity index is 1020. The zero-order valence-corrected chi connectivity index (χ0v) is 18.0. The number of carbonyl (C=O) groups excluding carboxylic acids is 1. The molecule has 1 heterocycles. The molecule has 2 fully saturated rings. The first-order valence-corrected chi connectivity index (χ1v) is 11.8. The highest BCUT2D eigenvalue weighted by atomic mass is 35.5. The van der Waals surface area contributed by atoms with Crippen molar-refractivity contribution in [3.05, 3.63) is 64.7 Å². The molecule has 154 valence electrons. The molecule has 1 aliphatic heterocycles. The second-order valence-corrected chi connectivity index (χ2v) is 10.3. The van der Waals surface area contributed by atoms with Crippen LogP contribution in [0, 0.1) is 6.92 Å². The van der Waals surface area contributed by atoms with Gasteiger partial charge in [0.05, 0.1) is 10.3 Å². The molecule has 29 heavy (non-hydrogen) atoms. The van der Waals surface area contributed by atoms with Crippen LogP contribution in [0.1, 0.15) is 36.8 Å². The van der Waals surface area contributed by atoms with Crippen LogP contribution in [0.4, 0.5) is 0 Å². The zero-order valence-electron chi connectivity index (χ0n) is 16.4. The van der Waals surface area contributed by atoms with E-state index in [2.05, 4.69) is 5.32 Å². The van der Waals surface area contributed by atoms with E-state index in [-0.39, 0.29) is 23.4 Å². The van der Waals surface area contributed by atoms with Crippen molar-refractivity contribution in [2.45, 2.75) is 49.0 Å². The van der Waals surface area contributed by atoms with Gasteiger partial charge in [0.25, 0.3) is 0 Å². The third kappa shape index (κ3) is 3.81. The number of hydrogen-bond acceptors (Lipinski definition) is 3. The fourth-order valence-corrected chi connectivity index (χ4v) is 6.14. The van der Waals surface area contributed by atoms with Crippen molar-refractivity contribution in [2.75, 3.05) is 13.1 Å². The minimum atomic E-state index is -3.66. The Morgan fingerprint density at radius 3 is 2.55 bits per heavy atom. The minimum absolute atomic E-state index is 0.00637. The molecule has 0 radical (unpaired) electrons. The molecule has 0 aromatic heterocycles. The van der Waals surface area contributed by atoms with Crippen LogP contribution in [0.5, 0.6) is 0 Å². The van der Waals surface area contributed by atoms with Gasteiger partial charge in [-0.2, -0.15) is 4.31 Å². The number of halogens is 1. The second kappa shape index (κ2) is 7.74. The van der Waals surface area contributed by atoms with Crippen molar-refractivity contribution in [3.8, 4) is 0 Å². The summed E-state index contributed by atoms with van der Waals surface area (Å²) < 4.78 is 27.8. The maximum absolute atomic E-state index is 13.2. The molecule has 5 nitrogen and oxygen atoms in total. The monoisotopic (exact) mass is 432 g/mol. The fourth-order valence-electron chi connectivity index (χ4n) is 4.14. The molecule has 2 aliphatic rings. The van der Waals surface area contributed by atoms with E-state index >= 15 is 0 Å².